The summed E-state index contributed by atoms with van der Waals surface area (Å²) >= 11 is 0. The fraction of sp³-hybridized carbons (Fsp3) is 0.333. The molecule has 0 fully saturated rings. The van der Waals surface area contributed by atoms with Crippen LogP contribution in [0.2, 0.25) is 0 Å². The second-order valence-corrected chi connectivity index (χ2v) is 23.7. The Labute approximate surface area is 400 Å². The maximum atomic E-state index is 9.20. The monoisotopic (exact) mass is 866 g/mol. The van der Waals surface area contributed by atoms with Crippen LogP contribution in [-0.4, -0.2) is 6.71 Å². The van der Waals surface area contributed by atoms with E-state index < -0.39 is 6.85 Å². The number of hydrogen-bond acceptors (Lipinski definition) is 2. The molecule has 0 aromatic heterocycles. The number of rotatable bonds is 4. The van der Waals surface area contributed by atoms with Crippen molar-refractivity contribution in [1.82, 2.24) is 0 Å². The van der Waals surface area contributed by atoms with Crippen LogP contribution in [-0.2, 0) is 27.1 Å². The summed E-state index contributed by atoms with van der Waals surface area (Å²) in [4.78, 5) is 4.89. The summed E-state index contributed by atoms with van der Waals surface area (Å²) in [5.74, 6) is 0. The summed E-state index contributed by atoms with van der Waals surface area (Å²) < 4.78 is 27.6. The number of fused-ring (bicyclic) bond motifs is 6. The van der Waals surface area contributed by atoms with E-state index in [4.69, 9.17) is 0 Å². The van der Waals surface area contributed by atoms with E-state index in [9.17, 15) is 4.11 Å². The minimum Gasteiger partial charge on any atom is -0.311 e. The zero-order chi connectivity index (χ0) is 48.8. The molecule has 2 aliphatic carbocycles. The maximum Gasteiger partial charge on any atom is 0.252 e. The number of anilines is 6. The summed E-state index contributed by atoms with van der Waals surface area (Å²) in [5.41, 5.74) is 21.3. The Hall–Kier alpha value is -5.80. The van der Waals surface area contributed by atoms with Gasteiger partial charge in [-0.1, -0.05) is 167 Å². The summed E-state index contributed by atoms with van der Waals surface area (Å²) in [6, 6.07) is 51.7. The van der Waals surface area contributed by atoms with Gasteiger partial charge in [-0.25, -0.2) is 0 Å². The molecular weight excluding hydrogens is 796 g/mol. The lowest BCUT2D eigenvalue weighted by Gasteiger charge is -2.48. The molecule has 0 spiro atoms. The van der Waals surface area contributed by atoms with Gasteiger partial charge < -0.3 is 9.80 Å². The van der Waals surface area contributed by atoms with Crippen LogP contribution in [0.1, 0.15) is 139 Å². The molecule has 0 atom stereocenters. The topological polar surface area (TPSA) is 6.48 Å². The fourth-order valence-electron chi connectivity index (χ4n) is 12.2. The van der Waals surface area contributed by atoms with Crippen molar-refractivity contribution in [1.29, 1.82) is 0 Å². The Morgan fingerprint density at radius 1 is 0.455 bits per heavy atom. The first-order valence-electron chi connectivity index (χ1n) is 26.0. The van der Waals surface area contributed by atoms with Gasteiger partial charge in [0.05, 0.1) is 5.69 Å². The van der Waals surface area contributed by atoms with Gasteiger partial charge >= 0.3 is 0 Å². The Morgan fingerprint density at radius 2 is 1.00 bits per heavy atom. The summed E-state index contributed by atoms with van der Waals surface area (Å²) in [7, 11) is 0. The molecular formula is C63H67BN2. The highest BCUT2D eigenvalue weighted by Crippen LogP contribution is 2.53. The first-order chi connectivity index (χ1) is 32.4. The molecule has 4 aliphatic rings. The summed E-state index contributed by atoms with van der Waals surface area (Å²) in [6.45, 7) is 23.5. The van der Waals surface area contributed by atoms with E-state index in [1.54, 1.807) is 0 Å². The molecule has 11 rings (SSSR count). The molecule has 0 bridgehead atoms. The maximum absolute atomic E-state index is 9.20. The molecule has 2 aliphatic heterocycles. The van der Waals surface area contributed by atoms with Crippen LogP contribution in [0, 0.1) is 6.85 Å². The zero-order valence-corrected chi connectivity index (χ0v) is 41.1. The lowest BCUT2D eigenvalue weighted by Crippen LogP contribution is -2.62. The van der Waals surface area contributed by atoms with Crippen molar-refractivity contribution in [2.75, 3.05) is 9.80 Å². The normalized spacial score (nSPS) is 19.0. The number of nitrogens with zero attached hydrogens (tertiary/aromatic N) is 2. The second kappa shape index (κ2) is 14.6. The third kappa shape index (κ3) is 6.65. The van der Waals surface area contributed by atoms with Crippen molar-refractivity contribution >= 4 is 57.2 Å². The lowest BCUT2D eigenvalue weighted by molar-refractivity contribution is 0.332. The van der Waals surface area contributed by atoms with Crippen LogP contribution in [0.3, 0.4) is 0 Å². The SMILES string of the molecule is [2H]C([2H])([2H])c1cc2c3c(c1)N(c1ccc(C(C)(C)C)cc1-c1ccccc1)c1ccc(-c4ccccc4)cc1B3c1cc3c(cc1N2c1ccc2c(c1)C(C)(C)CCC2(C)C)C(C)(C)CCC3(C)C. The predicted octanol–water partition coefficient (Wildman–Crippen LogP) is 15.4. The Balaban J connectivity index is 1.30. The molecule has 0 radical (unpaired) electrons. The number of hydrogen-bond donors (Lipinski definition) is 0. The highest BCUT2D eigenvalue weighted by molar-refractivity contribution is 7.00. The van der Waals surface area contributed by atoms with E-state index in [2.05, 4.69) is 213 Å². The van der Waals surface area contributed by atoms with Gasteiger partial charge in [0.25, 0.3) is 6.71 Å². The average Bonchev–Trinajstić information content (AvgIpc) is 3.31. The molecule has 0 N–H and O–H groups in total. The minimum absolute atomic E-state index is 0.0273. The summed E-state index contributed by atoms with van der Waals surface area (Å²) in [5, 5.41) is 0. The van der Waals surface area contributed by atoms with Crippen LogP contribution < -0.4 is 26.2 Å². The first kappa shape index (κ1) is 39.4. The average molecular weight is 866 g/mol. The van der Waals surface area contributed by atoms with Crippen LogP contribution in [0.5, 0.6) is 0 Å². The molecule has 0 saturated carbocycles. The van der Waals surface area contributed by atoms with Crippen molar-refractivity contribution in [2.24, 2.45) is 0 Å². The highest BCUT2D eigenvalue weighted by atomic mass is 15.2. The van der Waals surface area contributed by atoms with Gasteiger partial charge in [0.1, 0.15) is 0 Å². The molecule has 7 aromatic rings. The van der Waals surface area contributed by atoms with Crippen LogP contribution in [0.15, 0.2) is 140 Å². The van der Waals surface area contributed by atoms with Gasteiger partial charge in [-0.3, -0.25) is 0 Å². The molecule has 7 aromatic carbocycles. The van der Waals surface area contributed by atoms with E-state index in [0.717, 1.165) is 82.0 Å². The molecule has 0 saturated heterocycles. The quantitative estimate of drug-likeness (QED) is 0.163. The van der Waals surface area contributed by atoms with Crippen molar-refractivity contribution < 1.29 is 4.11 Å². The second-order valence-electron chi connectivity index (χ2n) is 23.7. The van der Waals surface area contributed by atoms with Gasteiger partial charge in [-0.15, -0.1) is 0 Å². The molecule has 332 valence electrons. The Bertz CT molecular complexity index is 3210. The van der Waals surface area contributed by atoms with Crippen LogP contribution in [0.4, 0.5) is 34.1 Å². The smallest absolute Gasteiger partial charge is 0.252 e. The van der Waals surface area contributed by atoms with E-state index in [1.165, 1.54) is 44.3 Å². The molecule has 0 unspecified atom stereocenters. The van der Waals surface area contributed by atoms with Gasteiger partial charge in [0.15, 0.2) is 0 Å². The van der Waals surface area contributed by atoms with E-state index in [0.29, 0.717) is 5.56 Å². The van der Waals surface area contributed by atoms with Gasteiger partial charge in [0, 0.05) is 38.1 Å². The van der Waals surface area contributed by atoms with Crippen molar-refractivity contribution in [3.63, 3.8) is 0 Å². The predicted molar refractivity (Wildman–Crippen MR) is 285 cm³/mol. The zero-order valence-electron chi connectivity index (χ0n) is 44.1. The van der Waals surface area contributed by atoms with Gasteiger partial charge in [0.2, 0.25) is 0 Å². The largest absolute Gasteiger partial charge is 0.311 e. The fourth-order valence-corrected chi connectivity index (χ4v) is 12.2. The van der Waals surface area contributed by atoms with Crippen LogP contribution in [0.25, 0.3) is 22.3 Å². The molecule has 2 heterocycles. The molecule has 0 amide bonds. The number of aryl methyl sites for hydroxylation is 1. The minimum atomic E-state index is -2.38. The lowest BCUT2D eigenvalue weighted by atomic mass is 9.33. The third-order valence-corrected chi connectivity index (χ3v) is 16.4. The van der Waals surface area contributed by atoms with Gasteiger partial charge in [-0.2, -0.15) is 0 Å². The van der Waals surface area contributed by atoms with E-state index in [-0.39, 0.29) is 33.8 Å². The van der Waals surface area contributed by atoms with E-state index >= 15 is 0 Å². The molecule has 2 nitrogen and oxygen atoms in total. The Morgan fingerprint density at radius 3 is 1.62 bits per heavy atom. The van der Waals surface area contributed by atoms with E-state index in [1.807, 2.05) is 12.1 Å². The number of benzene rings is 7. The van der Waals surface area contributed by atoms with Crippen LogP contribution >= 0.6 is 0 Å². The van der Waals surface area contributed by atoms with Crippen molar-refractivity contribution in [3.05, 3.63) is 173 Å². The van der Waals surface area contributed by atoms with Crippen molar-refractivity contribution in [3.8, 4) is 22.3 Å². The van der Waals surface area contributed by atoms with Crippen molar-refractivity contribution in [2.45, 2.75) is 136 Å². The Kier molecular flexibility index (Phi) is 8.71. The van der Waals surface area contributed by atoms with Gasteiger partial charge in [-0.05, 0) is 175 Å². The third-order valence-electron chi connectivity index (χ3n) is 16.4. The highest BCUT2D eigenvalue weighted by Gasteiger charge is 2.47. The molecule has 66 heavy (non-hydrogen) atoms. The summed E-state index contributed by atoms with van der Waals surface area (Å²) in [6.07, 6.45) is 4.43. The standard InChI is InChI=1S/C63H67BN2/c1-40-33-56-58-57(34-40)66(53-28-24-44(59(2,3)4)36-46(53)42-21-17-14-18-22-42)54-27-23-43(41-19-15-13-16-20-41)35-51(54)64(58)52-38-49-50(63(11,12)32-31-62(49,9)10)39-55(52)65(56)45-25-26-47-48(37-45)61(7,8)30-29-60(47,5)6/h13-28,33-39H,29-32H2,1-12H3/i1D3. The molecule has 3 heteroatoms. The first-order valence-corrected chi connectivity index (χ1v) is 24.5.